The van der Waals surface area contributed by atoms with E-state index in [4.69, 9.17) is 4.74 Å². The van der Waals surface area contributed by atoms with Gasteiger partial charge in [-0.15, -0.1) is 0 Å². The zero-order valence-corrected chi connectivity index (χ0v) is 7.64. The predicted octanol–water partition coefficient (Wildman–Crippen LogP) is 1.78. The van der Waals surface area contributed by atoms with Crippen LogP contribution in [0.3, 0.4) is 0 Å². The minimum Gasteiger partial charge on any atom is -0.381 e. The highest BCUT2D eigenvalue weighted by molar-refractivity contribution is 5.82. The first-order valence-electron chi connectivity index (χ1n) is 4.83. The highest BCUT2D eigenvalue weighted by Crippen LogP contribution is 2.59. The largest absolute Gasteiger partial charge is 0.381 e. The van der Waals surface area contributed by atoms with Gasteiger partial charge in [-0.1, -0.05) is 0 Å². The molecule has 0 bridgehead atoms. The fourth-order valence-corrected chi connectivity index (χ4v) is 2.50. The first-order valence-corrected chi connectivity index (χ1v) is 4.83. The molecule has 0 aromatic heterocycles. The molecule has 1 saturated carbocycles. The summed E-state index contributed by atoms with van der Waals surface area (Å²) in [6.45, 7) is 3.49. The molecule has 1 aliphatic heterocycles. The third-order valence-electron chi connectivity index (χ3n) is 3.39. The quantitative estimate of drug-likeness (QED) is 0.596. The van der Waals surface area contributed by atoms with Crippen molar-refractivity contribution >= 4 is 5.78 Å². The fraction of sp³-hybridized carbons (Fsp3) is 0.900. The van der Waals surface area contributed by atoms with Crippen molar-refractivity contribution in [3.05, 3.63) is 0 Å². The van der Waals surface area contributed by atoms with E-state index < -0.39 is 0 Å². The SMILES string of the molecule is CC(=O)C1CC12CCCOCC2. The monoisotopic (exact) mass is 168 g/mol. The smallest absolute Gasteiger partial charge is 0.133 e. The molecule has 0 radical (unpaired) electrons. The zero-order valence-electron chi connectivity index (χ0n) is 7.64. The lowest BCUT2D eigenvalue weighted by molar-refractivity contribution is -0.119. The van der Waals surface area contributed by atoms with Crippen molar-refractivity contribution in [2.75, 3.05) is 13.2 Å². The predicted molar refractivity (Wildman–Crippen MR) is 45.9 cm³/mol. The third-order valence-corrected chi connectivity index (χ3v) is 3.39. The summed E-state index contributed by atoms with van der Waals surface area (Å²) in [5.41, 5.74) is 0.377. The van der Waals surface area contributed by atoms with Gasteiger partial charge in [-0.25, -0.2) is 0 Å². The van der Waals surface area contributed by atoms with E-state index in [0.717, 1.165) is 32.5 Å². The van der Waals surface area contributed by atoms with E-state index in [1.165, 1.54) is 6.42 Å². The molecule has 68 valence electrons. The van der Waals surface area contributed by atoms with Crippen LogP contribution < -0.4 is 0 Å². The van der Waals surface area contributed by atoms with Crippen molar-refractivity contribution in [3.8, 4) is 0 Å². The minimum absolute atomic E-state index is 0.374. The molecule has 12 heavy (non-hydrogen) atoms. The fourth-order valence-electron chi connectivity index (χ4n) is 2.50. The van der Waals surface area contributed by atoms with Crippen LogP contribution in [0.5, 0.6) is 0 Å². The molecule has 0 N–H and O–H groups in total. The summed E-state index contributed by atoms with van der Waals surface area (Å²) in [6.07, 6.45) is 4.59. The molecule has 1 heterocycles. The lowest BCUT2D eigenvalue weighted by atomic mass is 9.93. The summed E-state index contributed by atoms with van der Waals surface area (Å²) in [5.74, 6) is 0.760. The molecule has 2 nitrogen and oxygen atoms in total. The molecule has 1 saturated heterocycles. The van der Waals surface area contributed by atoms with Gasteiger partial charge in [0, 0.05) is 19.1 Å². The maximum Gasteiger partial charge on any atom is 0.133 e. The number of rotatable bonds is 1. The first-order chi connectivity index (χ1) is 5.75. The van der Waals surface area contributed by atoms with Gasteiger partial charge in [0.05, 0.1) is 0 Å². The molecule has 2 rings (SSSR count). The van der Waals surface area contributed by atoms with Gasteiger partial charge in [-0.05, 0) is 38.0 Å². The van der Waals surface area contributed by atoms with Gasteiger partial charge in [0.25, 0.3) is 0 Å². The summed E-state index contributed by atoms with van der Waals surface area (Å²) in [6, 6.07) is 0. The lowest BCUT2D eigenvalue weighted by Gasteiger charge is -2.10. The van der Waals surface area contributed by atoms with E-state index in [1.807, 2.05) is 0 Å². The van der Waals surface area contributed by atoms with Crippen molar-refractivity contribution in [2.45, 2.75) is 32.6 Å². The van der Waals surface area contributed by atoms with E-state index in [-0.39, 0.29) is 0 Å². The molecule has 1 spiro atoms. The molecule has 0 aromatic carbocycles. The van der Waals surface area contributed by atoms with Gasteiger partial charge in [0.15, 0.2) is 0 Å². The Bertz CT molecular complexity index is 190. The van der Waals surface area contributed by atoms with Crippen LogP contribution >= 0.6 is 0 Å². The van der Waals surface area contributed by atoms with Gasteiger partial charge in [0.1, 0.15) is 5.78 Å². The highest BCUT2D eigenvalue weighted by Gasteiger charge is 2.55. The van der Waals surface area contributed by atoms with Gasteiger partial charge in [0.2, 0.25) is 0 Å². The van der Waals surface area contributed by atoms with Crippen LogP contribution in [0.15, 0.2) is 0 Å². The molecule has 2 atom stereocenters. The maximum absolute atomic E-state index is 11.2. The Kier molecular flexibility index (Phi) is 1.95. The molecule has 2 aliphatic rings. The van der Waals surface area contributed by atoms with Crippen LogP contribution in [0.4, 0.5) is 0 Å². The standard InChI is InChI=1S/C10H16O2/c1-8(11)9-7-10(9)3-2-5-12-6-4-10/h9H,2-7H2,1H3. The summed E-state index contributed by atoms with van der Waals surface area (Å²) in [5, 5.41) is 0. The summed E-state index contributed by atoms with van der Waals surface area (Å²) in [4.78, 5) is 11.2. The maximum atomic E-state index is 11.2. The van der Waals surface area contributed by atoms with Gasteiger partial charge in [-0.2, -0.15) is 0 Å². The normalized spacial score (nSPS) is 40.9. The van der Waals surface area contributed by atoms with Crippen LogP contribution in [0.2, 0.25) is 0 Å². The summed E-state index contributed by atoms with van der Waals surface area (Å²) < 4.78 is 5.39. The molecule has 1 aliphatic carbocycles. The second-order valence-electron chi connectivity index (χ2n) is 4.20. The van der Waals surface area contributed by atoms with Crippen molar-refractivity contribution in [3.63, 3.8) is 0 Å². The minimum atomic E-state index is 0.374. The number of carbonyl (C=O) groups excluding carboxylic acids is 1. The average molecular weight is 168 g/mol. The molecule has 0 amide bonds. The van der Waals surface area contributed by atoms with Crippen molar-refractivity contribution in [2.24, 2.45) is 11.3 Å². The zero-order chi connectivity index (χ0) is 8.60. The van der Waals surface area contributed by atoms with Crippen LogP contribution in [0.1, 0.15) is 32.6 Å². The Hall–Kier alpha value is -0.370. The van der Waals surface area contributed by atoms with Gasteiger partial charge < -0.3 is 4.74 Å². The Balaban J connectivity index is 1.98. The Morgan fingerprint density at radius 3 is 2.92 bits per heavy atom. The molecule has 0 aromatic rings. The Morgan fingerprint density at radius 1 is 1.42 bits per heavy atom. The molecule has 2 fully saturated rings. The average Bonchev–Trinajstić information content (AvgIpc) is 2.77. The number of ketones is 1. The number of carbonyl (C=O) groups is 1. The van der Waals surface area contributed by atoms with Crippen LogP contribution in [-0.4, -0.2) is 19.0 Å². The van der Waals surface area contributed by atoms with E-state index in [9.17, 15) is 4.79 Å². The Labute approximate surface area is 73.3 Å². The second-order valence-corrected chi connectivity index (χ2v) is 4.20. The first kappa shape index (κ1) is 8.24. The van der Waals surface area contributed by atoms with Crippen LogP contribution in [-0.2, 0) is 9.53 Å². The number of ether oxygens (including phenoxy) is 1. The topological polar surface area (TPSA) is 26.3 Å². The van der Waals surface area contributed by atoms with Crippen LogP contribution in [0, 0.1) is 11.3 Å². The molecular weight excluding hydrogens is 152 g/mol. The molecule has 2 unspecified atom stereocenters. The molecule has 2 heteroatoms. The summed E-state index contributed by atoms with van der Waals surface area (Å²) in [7, 11) is 0. The number of hydrogen-bond acceptors (Lipinski definition) is 2. The third kappa shape index (κ3) is 1.28. The van der Waals surface area contributed by atoms with Gasteiger partial charge >= 0.3 is 0 Å². The highest BCUT2D eigenvalue weighted by atomic mass is 16.5. The number of hydrogen-bond donors (Lipinski definition) is 0. The van der Waals surface area contributed by atoms with Crippen molar-refractivity contribution in [1.82, 2.24) is 0 Å². The van der Waals surface area contributed by atoms with Crippen molar-refractivity contribution < 1.29 is 9.53 Å². The lowest BCUT2D eigenvalue weighted by Crippen LogP contribution is -2.09. The van der Waals surface area contributed by atoms with Crippen LogP contribution in [0.25, 0.3) is 0 Å². The van der Waals surface area contributed by atoms with E-state index >= 15 is 0 Å². The Morgan fingerprint density at radius 2 is 2.25 bits per heavy atom. The van der Waals surface area contributed by atoms with Crippen molar-refractivity contribution in [1.29, 1.82) is 0 Å². The van der Waals surface area contributed by atoms with E-state index in [0.29, 0.717) is 17.1 Å². The number of Topliss-reactive ketones (excluding diaryl/α,β-unsaturated/α-hetero) is 1. The molecular formula is C10H16O2. The second kappa shape index (κ2) is 2.84. The summed E-state index contributed by atoms with van der Waals surface area (Å²) >= 11 is 0. The van der Waals surface area contributed by atoms with Gasteiger partial charge in [-0.3, -0.25) is 4.79 Å². The van der Waals surface area contributed by atoms with E-state index in [1.54, 1.807) is 6.92 Å². The van der Waals surface area contributed by atoms with E-state index in [2.05, 4.69) is 0 Å².